The Balaban J connectivity index is 1.32. The van der Waals surface area contributed by atoms with Crippen molar-refractivity contribution in [1.29, 1.82) is 0 Å². The van der Waals surface area contributed by atoms with E-state index in [1.807, 2.05) is 23.1 Å². The third-order valence-electron chi connectivity index (χ3n) is 5.16. The van der Waals surface area contributed by atoms with E-state index in [9.17, 15) is 14.4 Å². The summed E-state index contributed by atoms with van der Waals surface area (Å²) in [6.45, 7) is 2.07. The van der Waals surface area contributed by atoms with Gasteiger partial charge in [-0.1, -0.05) is 30.3 Å². The lowest BCUT2D eigenvalue weighted by Crippen LogP contribution is -2.51. The van der Waals surface area contributed by atoms with Crippen molar-refractivity contribution < 1.29 is 14.0 Å². The van der Waals surface area contributed by atoms with Gasteiger partial charge in [0.25, 0.3) is 5.91 Å². The fourth-order valence-electron chi connectivity index (χ4n) is 3.56. The Morgan fingerprint density at radius 3 is 2.27 bits per heavy atom. The fourth-order valence-corrected chi connectivity index (χ4v) is 3.56. The minimum atomic E-state index is -0.477. The first-order valence-corrected chi connectivity index (χ1v) is 8.85. The zero-order chi connectivity index (χ0) is 18.1. The van der Waals surface area contributed by atoms with Gasteiger partial charge < -0.3 is 14.2 Å². The van der Waals surface area contributed by atoms with E-state index in [1.54, 1.807) is 4.90 Å². The van der Waals surface area contributed by atoms with Gasteiger partial charge in [0.15, 0.2) is 0 Å². The van der Waals surface area contributed by atoms with E-state index in [2.05, 4.69) is 12.1 Å². The van der Waals surface area contributed by atoms with E-state index >= 15 is 0 Å². The third-order valence-corrected chi connectivity index (χ3v) is 5.16. The maximum absolute atomic E-state index is 12.7. The van der Waals surface area contributed by atoms with Crippen molar-refractivity contribution in [2.75, 3.05) is 26.2 Å². The van der Waals surface area contributed by atoms with Gasteiger partial charge in [0.05, 0.1) is 5.56 Å². The van der Waals surface area contributed by atoms with Gasteiger partial charge in [0.1, 0.15) is 6.26 Å². The van der Waals surface area contributed by atoms with E-state index in [4.69, 9.17) is 4.42 Å². The molecule has 6 nitrogen and oxygen atoms in total. The van der Waals surface area contributed by atoms with Gasteiger partial charge in [-0.05, 0) is 24.0 Å². The highest BCUT2D eigenvalue weighted by atomic mass is 16.4. The van der Waals surface area contributed by atoms with Crippen molar-refractivity contribution in [2.45, 2.75) is 12.3 Å². The molecule has 2 fully saturated rings. The van der Waals surface area contributed by atoms with Gasteiger partial charge in [-0.3, -0.25) is 9.59 Å². The van der Waals surface area contributed by atoms with Gasteiger partial charge in [-0.15, -0.1) is 0 Å². The zero-order valence-electron chi connectivity index (χ0n) is 14.3. The summed E-state index contributed by atoms with van der Waals surface area (Å²) in [4.78, 5) is 39.7. The van der Waals surface area contributed by atoms with Crippen molar-refractivity contribution in [3.63, 3.8) is 0 Å². The molecule has 1 saturated carbocycles. The maximum atomic E-state index is 12.7. The minimum Gasteiger partial charge on any atom is -0.430 e. The third kappa shape index (κ3) is 3.27. The van der Waals surface area contributed by atoms with E-state index in [-0.39, 0.29) is 17.7 Å². The number of piperazine rings is 1. The number of amides is 2. The zero-order valence-corrected chi connectivity index (χ0v) is 14.3. The average molecular weight is 352 g/mol. The van der Waals surface area contributed by atoms with Crippen LogP contribution >= 0.6 is 0 Å². The van der Waals surface area contributed by atoms with Crippen LogP contribution in [0.4, 0.5) is 0 Å². The number of hydrogen-bond donors (Lipinski definition) is 0. The number of benzene rings is 1. The molecule has 0 bridgehead atoms. The maximum Gasteiger partial charge on any atom is 0.335 e. The second-order valence-corrected chi connectivity index (χ2v) is 6.82. The average Bonchev–Trinajstić information content (AvgIpc) is 3.49. The van der Waals surface area contributed by atoms with Gasteiger partial charge in [0.2, 0.25) is 5.91 Å². The fraction of sp³-hybridized carbons (Fsp3) is 0.350. The SMILES string of the molecule is O=C(c1ccc(=O)oc1)N1CCN(C(=O)C2CC2c2ccccc2)CC1. The molecule has 2 heterocycles. The summed E-state index contributed by atoms with van der Waals surface area (Å²) in [7, 11) is 0. The van der Waals surface area contributed by atoms with Crippen LogP contribution in [0.1, 0.15) is 28.3 Å². The predicted molar refractivity (Wildman–Crippen MR) is 94.8 cm³/mol. The van der Waals surface area contributed by atoms with Gasteiger partial charge >= 0.3 is 5.63 Å². The summed E-state index contributed by atoms with van der Waals surface area (Å²) < 4.78 is 4.76. The van der Waals surface area contributed by atoms with Crippen LogP contribution in [0.5, 0.6) is 0 Å². The Morgan fingerprint density at radius 1 is 0.923 bits per heavy atom. The molecular formula is C20H20N2O4. The molecule has 2 aromatic rings. The minimum absolute atomic E-state index is 0.0723. The molecule has 1 aromatic carbocycles. The highest BCUT2D eigenvalue weighted by Gasteiger charge is 2.46. The number of carbonyl (C=O) groups excluding carboxylic acids is 2. The molecule has 0 N–H and O–H groups in total. The molecule has 2 aliphatic rings. The van der Waals surface area contributed by atoms with Crippen LogP contribution in [-0.2, 0) is 4.79 Å². The molecule has 2 unspecified atom stereocenters. The number of nitrogens with zero attached hydrogens (tertiary/aromatic N) is 2. The predicted octanol–water partition coefficient (Wildman–Crippen LogP) is 1.73. The van der Waals surface area contributed by atoms with Crippen molar-refractivity contribution in [1.82, 2.24) is 9.80 Å². The normalized spacial score (nSPS) is 22.2. The van der Waals surface area contributed by atoms with Crippen molar-refractivity contribution in [3.8, 4) is 0 Å². The smallest absolute Gasteiger partial charge is 0.335 e. The van der Waals surface area contributed by atoms with Gasteiger partial charge in [-0.25, -0.2) is 4.79 Å². The summed E-state index contributed by atoms with van der Waals surface area (Å²) >= 11 is 0. The monoisotopic (exact) mass is 352 g/mol. The molecule has 6 heteroatoms. The first kappa shape index (κ1) is 16.6. The van der Waals surface area contributed by atoms with E-state index < -0.39 is 5.63 Å². The summed E-state index contributed by atoms with van der Waals surface area (Å²) in [6.07, 6.45) is 2.10. The van der Waals surface area contributed by atoms with Crippen LogP contribution in [0.15, 0.2) is 57.9 Å². The molecule has 1 aliphatic carbocycles. The lowest BCUT2D eigenvalue weighted by atomic mass is 10.1. The van der Waals surface area contributed by atoms with Crippen molar-refractivity contribution in [2.24, 2.45) is 5.92 Å². The second-order valence-electron chi connectivity index (χ2n) is 6.82. The Kier molecular flexibility index (Phi) is 4.32. The highest BCUT2D eigenvalue weighted by molar-refractivity contribution is 5.94. The standard InChI is InChI=1S/C20H20N2O4/c23-18-7-6-15(13-26-18)19(24)21-8-10-22(11-9-21)20(25)17-12-16(17)14-4-2-1-3-5-14/h1-7,13,16-17H,8-12H2. The van der Waals surface area contributed by atoms with Crippen LogP contribution in [0.2, 0.25) is 0 Å². The lowest BCUT2D eigenvalue weighted by Gasteiger charge is -2.35. The largest absolute Gasteiger partial charge is 0.430 e. The van der Waals surface area contributed by atoms with E-state index in [1.165, 1.54) is 24.0 Å². The topological polar surface area (TPSA) is 70.8 Å². The Bertz CT molecular complexity index is 848. The van der Waals surface area contributed by atoms with Crippen LogP contribution in [0.3, 0.4) is 0 Å². The van der Waals surface area contributed by atoms with Crippen LogP contribution in [0.25, 0.3) is 0 Å². The molecule has 4 rings (SSSR count). The summed E-state index contributed by atoms with van der Waals surface area (Å²) in [5.41, 5.74) is 1.11. The van der Waals surface area contributed by atoms with Crippen LogP contribution in [-0.4, -0.2) is 47.8 Å². The van der Waals surface area contributed by atoms with Crippen LogP contribution in [0, 0.1) is 5.92 Å². The molecular weight excluding hydrogens is 332 g/mol. The summed E-state index contributed by atoms with van der Waals surface area (Å²) in [6, 6.07) is 12.9. The number of carbonyl (C=O) groups is 2. The Labute approximate surface area is 151 Å². The Morgan fingerprint density at radius 2 is 1.62 bits per heavy atom. The summed E-state index contributed by atoms with van der Waals surface area (Å²) in [5, 5.41) is 0. The second kappa shape index (κ2) is 6.78. The molecule has 1 aliphatic heterocycles. The van der Waals surface area contributed by atoms with Gasteiger partial charge in [-0.2, -0.15) is 0 Å². The Hall–Kier alpha value is -2.89. The molecule has 1 aromatic heterocycles. The number of rotatable bonds is 3. The lowest BCUT2D eigenvalue weighted by molar-refractivity contribution is -0.134. The van der Waals surface area contributed by atoms with E-state index in [0.717, 1.165) is 6.42 Å². The molecule has 0 radical (unpaired) electrons. The number of hydrogen-bond acceptors (Lipinski definition) is 4. The van der Waals surface area contributed by atoms with Gasteiger partial charge in [0, 0.05) is 38.2 Å². The van der Waals surface area contributed by atoms with E-state index in [0.29, 0.717) is 37.7 Å². The molecule has 2 amide bonds. The molecule has 134 valence electrons. The van der Waals surface area contributed by atoms with Crippen molar-refractivity contribution >= 4 is 11.8 Å². The molecule has 26 heavy (non-hydrogen) atoms. The molecule has 1 saturated heterocycles. The van der Waals surface area contributed by atoms with Crippen molar-refractivity contribution in [3.05, 3.63) is 70.3 Å². The quantitative estimate of drug-likeness (QED) is 0.843. The molecule has 0 spiro atoms. The summed E-state index contributed by atoms with van der Waals surface area (Å²) in [5.74, 6) is 0.421. The first-order valence-electron chi connectivity index (χ1n) is 8.85. The first-order chi connectivity index (χ1) is 12.6. The van der Waals surface area contributed by atoms with Crippen LogP contribution < -0.4 is 5.63 Å². The highest BCUT2D eigenvalue weighted by Crippen LogP contribution is 2.48. The molecule has 2 atom stereocenters.